The van der Waals surface area contributed by atoms with Gasteiger partial charge in [0.25, 0.3) is 5.91 Å². The zero-order chi connectivity index (χ0) is 22.3. The Bertz CT molecular complexity index is 1080. The molecular formula is C25H30N2O4S. The second kappa shape index (κ2) is 8.28. The average Bonchev–Trinajstić information content (AvgIpc) is 3.24. The highest BCUT2D eigenvalue weighted by Gasteiger charge is 2.46. The van der Waals surface area contributed by atoms with E-state index in [2.05, 4.69) is 0 Å². The van der Waals surface area contributed by atoms with Gasteiger partial charge in [-0.25, -0.2) is 8.42 Å². The van der Waals surface area contributed by atoms with Crippen molar-refractivity contribution in [2.24, 2.45) is 5.41 Å². The fourth-order valence-corrected chi connectivity index (χ4v) is 7.40. The van der Waals surface area contributed by atoms with Crippen LogP contribution in [-0.2, 0) is 21.3 Å². The van der Waals surface area contributed by atoms with Crippen molar-refractivity contribution in [1.82, 2.24) is 9.21 Å². The fourth-order valence-electron chi connectivity index (χ4n) is 5.20. The van der Waals surface area contributed by atoms with Crippen LogP contribution in [0.1, 0.15) is 52.9 Å². The van der Waals surface area contributed by atoms with Crippen molar-refractivity contribution in [3.63, 3.8) is 0 Å². The molecule has 0 radical (unpaired) electrons. The number of nitrogens with zero attached hydrogens (tertiary/aromatic N) is 2. The molecule has 6 nitrogen and oxygen atoms in total. The Hall–Kier alpha value is -2.22. The molecule has 0 bridgehead atoms. The minimum atomic E-state index is -3.47. The van der Waals surface area contributed by atoms with Crippen LogP contribution in [0.15, 0.2) is 54.6 Å². The number of rotatable bonds is 4. The Balaban J connectivity index is 1.29. The first-order valence-corrected chi connectivity index (χ1v) is 12.9. The molecule has 0 N–H and O–H groups in total. The summed E-state index contributed by atoms with van der Waals surface area (Å²) in [4.78, 5) is 14.8. The Labute approximate surface area is 190 Å². The highest BCUT2D eigenvalue weighted by Crippen LogP contribution is 2.39. The van der Waals surface area contributed by atoms with Crippen LogP contribution in [0.4, 0.5) is 0 Å². The van der Waals surface area contributed by atoms with E-state index >= 15 is 0 Å². The summed E-state index contributed by atoms with van der Waals surface area (Å²) in [5, 5.41) is -0.501. The van der Waals surface area contributed by atoms with E-state index in [0.29, 0.717) is 18.5 Å². The van der Waals surface area contributed by atoms with E-state index in [0.717, 1.165) is 50.3 Å². The van der Waals surface area contributed by atoms with E-state index in [4.69, 9.17) is 4.74 Å². The van der Waals surface area contributed by atoms with Gasteiger partial charge in [0.1, 0.15) is 5.25 Å². The number of carbonyl (C=O) groups excluding carboxylic acids is 1. The number of amides is 1. The molecule has 3 fully saturated rings. The molecule has 2 atom stereocenters. The minimum absolute atomic E-state index is 0.0448. The van der Waals surface area contributed by atoms with Gasteiger partial charge in [0.15, 0.2) is 0 Å². The standard InChI is InChI=1S/C25H30N2O4S/c1-19-7-12-23(21-5-3-2-4-6-21)32(29,30)27(19)15-20-8-10-22(11-9-20)24(28)26-14-13-25(16-26)17-31-18-25/h2-6,8-11,19,23H,7,12-18H2,1H3/t19-,23?/m0/s1. The molecular weight excluding hydrogens is 424 g/mol. The van der Waals surface area contributed by atoms with Crippen molar-refractivity contribution in [1.29, 1.82) is 0 Å². The third-order valence-corrected chi connectivity index (χ3v) is 9.65. The largest absolute Gasteiger partial charge is 0.380 e. The third kappa shape index (κ3) is 3.87. The normalized spacial score (nSPS) is 26.7. The molecule has 3 heterocycles. The molecule has 1 spiro atoms. The molecule has 3 aliphatic heterocycles. The summed E-state index contributed by atoms with van der Waals surface area (Å²) in [6.45, 7) is 5.34. The molecule has 0 saturated carbocycles. The van der Waals surface area contributed by atoms with Gasteiger partial charge in [-0.2, -0.15) is 4.31 Å². The summed E-state index contributed by atoms with van der Waals surface area (Å²) < 4.78 is 33.8. The van der Waals surface area contributed by atoms with Gasteiger partial charge in [0, 0.05) is 36.7 Å². The lowest BCUT2D eigenvalue weighted by Gasteiger charge is -2.37. The van der Waals surface area contributed by atoms with E-state index in [1.165, 1.54) is 0 Å². The Morgan fingerprint density at radius 1 is 1.06 bits per heavy atom. The van der Waals surface area contributed by atoms with Gasteiger partial charge in [-0.1, -0.05) is 42.5 Å². The topological polar surface area (TPSA) is 66.9 Å². The maximum absolute atomic E-state index is 13.4. The number of ether oxygens (including phenoxy) is 1. The van der Waals surface area contributed by atoms with E-state index in [1.807, 2.05) is 66.4 Å². The van der Waals surface area contributed by atoms with Crippen molar-refractivity contribution in [3.05, 3.63) is 71.3 Å². The molecule has 3 aliphatic rings. The van der Waals surface area contributed by atoms with E-state index < -0.39 is 15.3 Å². The van der Waals surface area contributed by atoms with Crippen LogP contribution in [0.5, 0.6) is 0 Å². The Morgan fingerprint density at radius 3 is 2.41 bits per heavy atom. The predicted molar refractivity (Wildman–Crippen MR) is 123 cm³/mol. The first-order valence-electron chi connectivity index (χ1n) is 11.4. The Kier molecular flexibility index (Phi) is 5.60. The molecule has 1 unspecified atom stereocenters. The van der Waals surface area contributed by atoms with E-state index in [1.54, 1.807) is 4.31 Å². The van der Waals surface area contributed by atoms with Crippen molar-refractivity contribution in [2.45, 2.75) is 44.0 Å². The van der Waals surface area contributed by atoms with Gasteiger partial charge in [-0.3, -0.25) is 4.79 Å². The molecule has 2 aromatic carbocycles. The molecule has 3 saturated heterocycles. The lowest BCUT2D eigenvalue weighted by atomic mass is 9.85. The molecule has 170 valence electrons. The summed E-state index contributed by atoms with van der Waals surface area (Å²) in [5.41, 5.74) is 2.58. The molecule has 7 heteroatoms. The Morgan fingerprint density at radius 2 is 1.78 bits per heavy atom. The number of likely N-dealkylation sites (tertiary alicyclic amines) is 1. The average molecular weight is 455 g/mol. The predicted octanol–water partition coefficient (Wildman–Crippen LogP) is 3.60. The van der Waals surface area contributed by atoms with Gasteiger partial charge < -0.3 is 9.64 Å². The summed E-state index contributed by atoms with van der Waals surface area (Å²) in [7, 11) is -3.47. The molecule has 2 aromatic rings. The van der Waals surface area contributed by atoms with Crippen LogP contribution in [0.25, 0.3) is 0 Å². The lowest BCUT2D eigenvalue weighted by Crippen LogP contribution is -2.45. The molecule has 0 aliphatic carbocycles. The second-order valence-corrected chi connectivity index (χ2v) is 11.7. The van der Waals surface area contributed by atoms with Gasteiger partial charge >= 0.3 is 0 Å². The van der Waals surface area contributed by atoms with Crippen LogP contribution < -0.4 is 0 Å². The fraction of sp³-hybridized carbons (Fsp3) is 0.480. The summed E-state index contributed by atoms with van der Waals surface area (Å²) in [6.07, 6.45) is 2.47. The number of hydrogen-bond donors (Lipinski definition) is 0. The summed E-state index contributed by atoms with van der Waals surface area (Å²) in [5.74, 6) is 0.0448. The number of hydrogen-bond acceptors (Lipinski definition) is 4. The van der Waals surface area contributed by atoms with Gasteiger partial charge in [-0.15, -0.1) is 0 Å². The minimum Gasteiger partial charge on any atom is -0.380 e. The number of sulfonamides is 1. The van der Waals surface area contributed by atoms with Gasteiger partial charge in [0.2, 0.25) is 10.0 Å². The monoisotopic (exact) mass is 454 g/mol. The lowest BCUT2D eigenvalue weighted by molar-refractivity contribution is -0.103. The molecule has 1 amide bonds. The number of benzene rings is 2. The van der Waals surface area contributed by atoms with E-state index in [-0.39, 0.29) is 17.4 Å². The molecule has 5 rings (SSSR count). The summed E-state index contributed by atoms with van der Waals surface area (Å²) in [6, 6.07) is 16.9. The van der Waals surface area contributed by atoms with Crippen molar-refractivity contribution in [2.75, 3.05) is 26.3 Å². The van der Waals surface area contributed by atoms with Gasteiger partial charge in [-0.05, 0) is 49.4 Å². The molecule has 0 aromatic heterocycles. The first kappa shape index (κ1) is 21.6. The highest BCUT2D eigenvalue weighted by atomic mass is 32.2. The summed E-state index contributed by atoms with van der Waals surface area (Å²) >= 11 is 0. The first-order chi connectivity index (χ1) is 15.4. The third-order valence-electron chi connectivity index (χ3n) is 7.28. The van der Waals surface area contributed by atoms with Gasteiger partial charge in [0.05, 0.1) is 13.2 Å². The van der Waals surface area contributed by atoms with Crippen LogP contribution in [0.3, 0.4) is 0 Å². The van der Waals surface area contributed by atoms with Crippen LogP contribution >= 0.6 is 0 Å². The van der Waals surface area contributed by atoms with Crippen molar-refractivity contribution in [3.8, 4) is 0 Å². The van der Waals surface area contributed by atoms with Crippen LogP contribution in [0.2, 0.25) is 0 Å². The maximum atomic E-state index is 13.4. The number of carbonyl (C=O) groups is 1. The molecule has 32 heavy (non-hydrogen) atoms. The SMILES string of the molecule is C[C@H]1CCC(c2ccccc2)S(=O)(=O)N1Cc1ccc(C(=O)N2CCC3(COC3)C2)cc1. The highest BCUT2D eigenvalue weighted by molar-refractivity contribution is 7.89. The maximum Gasteiger partial charge on any atom is 0.253 e. The zero-order valence-electron chi connectivity index (χ0n) is 18.4. The van der Waals surface area contributed by atoms with Crippen LogP contribution in [-0.4, -0.2) is 55.9 Å². The second-order valence-electron chi connectivity index (χ2n) is 9.58. The van der Waals surface area contributed by atoms with Crippen molar-refractivity contribution >= 4 is 15.9 Å². The van der Waals surface area contributed by atoms with Crippen LogP contribution in [0, 0.1) is 5.41 Å². The quantitative estimate of drug-likeness (QED) is 0.708. The smallest absolute Gasteiger partial charge is 0.253 e. The van der Waals surface area contributed by atoms with E-state index in [9.17, 15) is 13.2 Å². The zero-order valence-corrected chi connectivity index (χ0v) is 19.3. The van der Waals surface area contributed by atoms with Crippen molar-refractivity contribution < 1.29 is 17.9 Å².